The summed E-state index contributed by atoms with van der Waals surface area (Å²) >= 11 is 0. The molecule has 5 N–H and O–H groups in total. The smallest absolute Gasteiger partial charge is 0.239 e. The summed E-state index contributed by atoms with van der Waals surface area (Å²) in [6, 6.07) is 7.84. The van der Waals surface area contributed by atoms with E-state index in [1.165, 1.54) is 0 Å². The molecule has 21 heavy (non-hydrogen) atoms. The standard InChI is InChI=1S/C15H21N5O/c16-20-15-18-13-7-2-1-6-12(13)14(19-15)17-9-10-4-3-5-11(21)8-10/h1-2,6-7,10-11,21H,3-5,8-9,16H2,(H2,17,18,19,20). The average molecular weight is 287 g/mol. The quantitative estimate of drug-likeness (QED) is 0.506. The number of hydrogen-bond acceptors (Lipinski definition) is 6. The minimum atomic E-state index is -0.158. The number of aliphatic hydroxyl groups excluding tert-OH is 1. The van der Waals surface area contributed by atoms with E-state index in [1.807, 2.05) is 24.3 Å². The second-order valence-electron chi connectivity index (χ2n) is 5.62. The third-order valence-electron chi connectivity index (χ3n) is 4.05. The van der Waals surface area contributed by atoms with Gasteiger partial charge in [-0.15, -0.1) is 0 Å². The maximum Gasteiger partial charge on any atom is 0.239 e. The molecule has 1 aromatic carbocycles. The Morgan fingerprint density at radius 2 is 2.10 bits per heavy atom. The highest BCUT2D eigenvalue weighted by Crippen LogP contribution is 2.26. The lowest BCUT2D eigenvalue weighted by molar-refractivity contribution is 0.104. The molecule has 3 rings (SSSR count). The van der Waals surface area contributed by atoms with E-state index in [1.54, 1.807) is 0 Å². The van der Waals surface area contributed by atoms with Crippen molar-refractivity contribution in [2.45, 2.75) is 31.8 Å². The van der Waals surface area contributed by atoms with E-state index in [0.29, 0.717) is 11.9 Å². The molecular formula is C15H21N5O. The molecule has 1 aliphatic rings. The first-order valence-corrected chi connectivity index (χ1v) is 7.41. The molecule has 1 aliphatic carbocycles. The third kappa shape index (κ3) is 3.22. The monoisotopic (exact) mass is 287 g/mol. The Balaban J connectivity index is 1.79. The molecular weight excluding hydrogens is 266 g/mol. The molecule has 2 unspecified atom stereocenters. The Bertz CT molecular complexity index is 618. The molecule has 1 heterocycles. The van der Waals surface area contributed by atoms with E-state index in [2.05, 4.69) is 20.7 Å². The summed E-state index contributed by atoms with van der Waals surface area (Å²) in [4.78, 5) is 8.74. The third-order valence-corrected chi connectivity index (χ3v) is 4.05. The predicted molar refractivity (Wildman–Crippen MR) is 83.8 cm³/mol. The van der Waals surface area contributed by atoms with E-state index in [0.717, 1.165) is 48.9 Å². The van der Waals surface area contributed by atoms with Crippen LogP contribution in [0.3, 0.4) is 0 Å². The summed E-state index contributed by atoms with van der Waals surface area (Å²) in [6.07, 6.45) is 3.86. The van der Waals surface area contributed by atoms with Gasteiger partial charge in [0.25, 0.3) is 0 Å². The van der Waals surface area contributed by atoms with Crippen LogP contribution < -0.4 is 16.6 Å². The van der Waals surface area contributed by atoms with Gasteiger partial charge in [-0.1, -0.05) is 18.6 Å². The molecule has 6 heteroatoms. The lowest BCUT2D eigenvalue weighted by Gasteiger charge is -2.26. The number of aromatic nitrogens is 2. The van der Waals surface area contributed by atoms with Crippen LogP contribution in [0.1, 0.15) is 25.7 Å². The van der Waals surface area contributed by atoms with Crippen molar-refractivity contribution in [3.8, 4) is 0 Å². The molecule has 0 aliphatic heterocycles. The van der Waals surface area contributed by atoms with E-state index in [4.69, 9.17) is 5.84 Å². The number of nitrogens with two attached hydrogens (primary N) is 1. The Morgan fingerprint density at radius 3 is 2.90 bits per heavy atom. The lowest BCUT2D eigenvalue weighted by atomic mass is 9.87. The topological polar surface area (TPSA) is 96.1 Å². The highest BCUT2D eigenvalue weighted by Gasteiger charge is 2.20. The highest BCUT2D eigenvalue weighted by atomic mass is 16.3. The van der Waals surface area contributed by atoms with Crippen molar-refractivity contribution in [3.63, 3.8) is 0 Å². The van der Waals surface area contributed by atoms with Crippen molar-refractivity contribution in [2.75, 3.05) is 17.3 Å². The molecule has 0 amide bonds. The van der Waals surface area contributed by atoms with Gasteiger partial charge in [-0.2, -0.15) is 4.98 Å². The van der Waals surface area contributed by atoms with Gasteiger partial charge in [-0.05, 0) is 37.3 Å². The molecule has 0 saturated heterocycles. The van der Waals surface area contributed by atoms with Crippen molar-refractivity contribution in [1.29, 1.82) is 0 Å². The second kappa shape index (κ2) is 6.24. The molecule has 0 spiro atoms. The predicted octanol–water partition coefficient (Wildman–Crippen LogP) is 1.88. The molecule has 0 bridgehead atoms. The normalized spacial score (nSPS) is 22.2. The number of rotatable bonds is 4. The van der Waals surface area contributed by atoms with Crippen LogP contribution >= 0.6 is 0 Å². The van der Waals surface area contributed by atoms with Crippen LogP contribution in [-0.4, -0.2) is 27.7 Å². The lowest BCUT2D eigenvalue weighted by Crippen LogP contribution is -2.25. The van der Waals surface area contributed by atoms with Crippen molar-refractivity contribution in [2.24, 2.45) is 11.8 Å². The SMILES string of the molecule is NNc1nc(NCC2CCCC(O)C2)c2ccccc2n1. The first-order chi connectivity index (χ1) is 10.3. The van der Waals surface area contributed by atoms with Gasteiger partial charge in [0.05, 0.1) is 11.6 Å². The van der Waals surface area contributed by atoms with Gasteiger partial charge < -0.3 is 10.4 Å². The summed E-state index contributed by atoms with van der Waals surface area (Å²) < 4.78 is 0. The van der Waals surface area contributed by atoms with Gasteiger partial charge in [0.1, 0.15) is 5.82 Å². The molecule has 2 aromatic rings. The Hall–Kier alpha value is -1.92. The van der Waals surface area contributed by atoms with Gasteiger partial charge in [0.15, 0.2) is 0 Å². The number of anilines is 2. The van der Waals surface area contributed by atoms with E-state index < -0.39 is 0 Å². The van der Waals surface area contributed by atoms with Crippen LogP contribution in [0.2, 0.25) is 0 Å². The van der Waals surface area contributed by atoms with Gasteiger partial charge in [-0.3, -0.25) is 5.43 Å². The summed E-state index contributed by atoms with van der Waals surface area (Å²) in [5.74, 6) is 7.10. The van der Waals surface area contributed by atoms with E-state index >= 15 is 0 Å². The molecule has 1 fully saturated rings. The Morgan fingerprint density at radius 1 is 1.24 bits per heavy atom. The number of nitrogen functional groups attached to an aromatic ring is 1. The Labute approximate surface area is 123 Å². The van der Waals surface area contributed by atoms with Crippen LogP contribution in [0, 0.1) is 5.92 Å². The van der Waals surface area contributed by atoms with Crippen LogP contribution in [0.15, 0.2) is 24.3 Å². The molecule has 112 valence electrons. The summed E-state index contributed by atoms with van der Waals surface area (Å²) in [5.41, 5.74) is 3.36. The number of nitrogens with zero attached hydrogens (tertiary/aromatic N) is 2. The maximum atomic E-state index is 9.75. The molecule has 1 saturated carbocycles. The van der Waals surface area contributed by atoms with Crippen LogP contribution in [-0.2, 0) is 0 Å². The average Bonchev–Trinajstić information content (AvgIpc) is 2.52. The van der Waals surface area contributed by atoms with Gasteiger partial charge >= 0.3 is 0 Å². The first-order valence-electron chi connectivity index (χ1n) is 7.41. The zero-order chi connectivity index (χ0) is 14.7. The fourth-order valence-electron chi connectivity index (χ4n) is 2.96. The summed E-state index contributed by atoms with van der Waals surface area (Å²) in [5, 5.41) is 14.1. The minimum Gasteiger partial charge on any atom is -0.393 e. The fourth-order valence-corrected chi connectivity index (χ4v) is 2.96. The van der Waals surface area contributed by atoms with Gasteiger partial charge in [0.2, 0.25) is 5.95 Å². The van der Waals surface area contributed by atoms with Crippen molar-refractivity contribution < 1.29 is 5.11 Å². The molecule has 6 nitrogen and oxygen atoms in total. The molecule has 0 radical (unpaired) electrons. The van der Waals surface area contributed by atoms with Crippen molar-refractivity contribution in [1.82, 2.24) is 9.97 Å². The minimum absolute atomic E-state index is 0.158. The fraction of sp³-hybridized carbons (Fsp3) is 0.467. The van der Waals surface area contributed by atoms with Crippen LogP contribution in [0.4, 0.5) is 11.8 Å². The number of fused-ring (bicyclic) bond motifs is 1. The van der Waals surface area contributed by atoms with Gasteiger partial charge in [-0.25, -0.2) is 10.8 Å². The number of hydrogen-bond donors (Lipinski definition) is 4. The number of para-hydroxylation sites is 1. The number of aliphatic hydroxyl groups is 1. The summed E-state index contributed by atoms with van der Waals surface area (Å²) in [6.45, 7) is 0.808. The molecule has 2 atom stereocenters. The first kappa shape index (κ1) is 14.0. The highest BCUT2D eigenvalue weighted by molar-refractivity contribution is 5.89. The Kier molecular flexibility index (Phi) is 4.17. The van der Waals surface area contributed by atoms with Crippen LogP contribution in [0.5, 0.6) is 0 Å². The summed E-state index contributed by atoms with van der Waals surface area (Å²) in [7, 11) is 0. The molecule has 1 aromatic heterocycles. The largest absolute Gasteiger partial charge is 0.393 e. The van der Waals surface area contributed by atoms with E-state index in [-0.39, 0.29) is 6.10 Å². The zero-order valence-corrected chi connectivity index (χ0v) is 11.9. The van der Waals surface area contributed by atoms with Crippen molar-refractivity contribution >= 4 is 22.7 Å². The number of benzene rings is 1. The van der Waals surface area contributed by atoms with Crippen molar-refractivity contribution in [3.05, 3.63) is 24.3 Å². The second-order valence-corrected chi connectivity index (χ2v) is 5.62. The number of nitrogens with one attached hydrogen (secondary N) is 2. The maximum absolute atomic E-state index is 9.75. The zero-order valence-electron chi connectivity index (χ0n) is 11.9. The number of hydrazine groups is 1. The van der Waals surface area contributed by atoms with Crippen LogP contribution in [0.25, 0.3) is 10.9 Å². The van der Waals surface area contributed by atoms with Gasteiger partial charge in [0, 0.05) is 11.9 Å². The van der Waals surface area contributed by atoms with E-state index in [9.17, 15) is 5.11 Å².